The lowest BCUT2D eigenvalue weighted by atomic mass is 10.4. The number of nitrogens with zero attached hydrogens (tertiary/aromatic N) is 3. The molecule has 2 aromatic heterocycles. The minimum atomic E-state index is -0.514. The van der Waals surface area contributed by atoms with Gasteiger partial charge in [-0.05, 0) is 19.3 Å². The Morgan fingerprint density at radius 2 is 2.25 bits per heavy atom. The van der Waals surface area contributed by atoms with Crippen molar-refractivity contribution >= 4 is 23.1 Å². The third-order valence-electron chi connectivity index (χ3n) is 3.45. The van der Waals surface area contributed by atoms with Crippen LogP contribution in [-0.4, -0.2) is 27.6 Å². The van der Waals surface area contributed by atoms with Gasteiger partial charge >= 0.3 is 5.97 Å². The second kappa shape index (κ2) is 4.90. The predicted molar refractivity (Wildman–Crippen MR) is 76.4 cm³/mol. The first-order valence-corrected chi connectivity index (χ1v) is 7.41. The summed E-state index contributed by atoms with van der Waals surface area (Å²) in [6.45, 7) is 1.97. The molecule has 0 atom stereocenters. The van der Waals surface area contributed by atoms with E-state index in [1.165, 1.54) is 18.4 Å². The van der Waals surface area contributed by atoms with Crippen molar-refractivity contribution in [1.82, 2.24) is 14.5 Å². The standard InChI is InChI=1S/C13H16N4O2S/c1-3-9-16-10(12(18)19-2)11(14)17(9)13-15-7-5-4-6-8(7)20-13/h3-6,14H2,1-2H3. The summed E-state index contributed by atoms with van der Waals surface area (Å²) in [6, 6.07) is 0. The third-order valence-corrected chi connectivity index (χ3v) is 4.60. The molecule has 0 aromatic carbocycles. The van der Waals surface area contributed by atoms with Gasteiger partial charge in [-0.1, -0.05) is 6.92 Å². The molecule has 0 saturated carbocycles. The number of anilines is 1. The van der Waals surface area contributed by atoms with E-state index >= 15 is 0 Å². The predicted octanol–water partition coefficient (Wildman–Crippen LogP) is 1.75. The summed E-state index contributed by atoms with van der Waals surface area (Å²) < 4.78 is 6.49. The first-order chi connectivity index (χ1) is 9.65. The van der Waals surface area contributed by atoms with Crippen LogP contribution in [0.5, 0.6) is 0 Å². The maximum Gasteiger partial charge on any atom is 0.360 e. The van der Waals surface area contributed by atoms with Crippen molar-refractivity contribution < 1.29 is 9.53 Å². The highest BCUT2D eigenvalue weighted by molar-refractivity contribution is 7.14. The zero-order valence-electron chi connectivity index (χ0n) is 11.5. The summed E-state index contributed by atoms with van der Waals surface area (Å²) in [5, 5.41) is 0.798. The van der Waals surface area contributed by atoms with Crippen molar-refractivity contribution in [1.29, 1.82) is 0 Å². The number of hydrogen-bond acceptors (Lipinski definition) is 6. The number of aromatic nitrogens is 3. The molecule has 1 aliphatic rings. The van der Waals surface area contributed by atoms with E-state index in [-0.39, 0.29) is 5.69 Å². The number of aryl methyl sites for hydroxylation is 3. The number of ether oxygens (including phenoxy) is 1. The van der Waals surface area contributed by atoms with Gasteiger partial charge in [0.25, 0.3) is 0 Å². The van der Waals surface area contributed by atoms with Crippen LogP contribution in [0, 0.1) is 0 Å². The number of methoxy groups -OCH3 is 1. The van der Waals surface area contributed by atoms with Crippen LogP contribution in [0.3, 0.4) is 0 Å². The van der Waals surface area contributed by atoms with Gasteiger partial charge in [-0.15, -0.1) is 11.3 Å². The van der Waals surface area contributed by atoms with Crippen LogP contribution >= 0.6 is 11.3 Å². The number of rotatable bonds is 3. The highest BCUT2D eigenvalue weighted by atomic mass is 32.1. The molecule has 0 saturated heterocycles. The molecule has 6 nitrogen and oxygen atoms in total. The Labute approximate surface area is 120 Å². The van der Waals surface area contributed by atoms with E-state index in [1.807, 2.05) is 6.92 Å². The van der Waals surface area contributed by atoms with Crippen LogP contribution in [0.4, 0.5) is 5.82 Å². The Bertz CT molecular complexity index is 653. The number of nitrogens with two attached hydrogens (primary N) is 1. The SMILES string of the molecule is CCc1nc(C(=O)OC)c(N)n1-c1nc2c(s1)CCC2. The molecule has 0 aliphatic heterocycles. The lowest BCUT2D eigenvalue weighted by molar-refractivity contribution is 0.0596. The summed E-state index contributed by atoms with van der Waals surface area (Å²) in [4.78, 5) is 21.9. The number of carbonyl (C=O) groups is 1. The molecule has 20 heavy (non-hydrogen) atoms. The van der Waals surface area contributed by atoms with Gasteiger partial charge < -0.3 is 10.5 Å². The van der Waals surface area contributed by atoms with E-state index in [9.17, 15) is 4.79 Å². The number of fused-ring (bicyclic) bond motifs is 1. The first-order valence-electron chi connectivity index (χ1n) is 6.60. The number of carbonyl (C=O) groups excluding carboxylic acids is 1. The lowest BCUT2D eigenvalue weighted by Crippen LogP contribution is -2.08. The largest absolute Gasteiger partial charge is 0.464 e. The molecule has 2 heterocycles. The Kier molecular flexibility index (Phi) is 3.21. The second-order valence-electron chi connectivity index (χ2n) is 4.66. The molecule has 106 valence electrons. The van der Waals surface area contributed by atoms with Gasteiger partial charge in [-0.25, -0.2) is 14.8 Å². The van der Waals surface area contributed by atoms with Gasteiger partial charge in [-0.3, -0.25) is 4.57 Å². The molecule has 0 unspecified atom stereocenters. The molecule has 0 spiro atoms. The number of esters is 1. The average molecular weight is 292 g/mol. The van der Waals surface area contributed by atoms with E-state index in [4.69, 9.17) is 10.5 Å². The van der Waals surface area contributed by atoms with Gasteiger partial charge in [0.2, 0.25) is 0 Å². The molecule has 2 N–H and O–H groups in total. The van der Waals surface area contributed by atoms with Crippen molar-refractivity contribution in [3.63, 3.8) is 0 Å². The van der Waals surface area contributed by atoms with Crippen LogP contribution in [0.15, 0.2) is 0 Å². The van der Waals surface area contributed by atoms with Crippen molar-refractivity contribution in [2.75, 3.05) is 12.8 Å². The molecule has 0 radical (unpaired) electrons. The van der Waals surface area contributed by atoms with E-state index in [0.29, 0.717) is 12.2 Å². The Morgan fingerprint density at radius 3 is 2.90 bits per heavy atom. The zero-order chi connectivity index (χ0) is 14.3. The minimum Gasteiger partial charge on any atom is -0.464 e. The summed E-state index contributed by atoms with van der Waals surface area (Å²) in [6.07, 6.45) is 3.94. The Balaban J connectivity index is 2.11. The van der Waals surface area contributed by atoms with E-state index in [0.717, 1.165) is 29.5 Å². The normalized spacial score (nSPS) is 13.5. The maximum atomic E-state index is 11.7. The van der Waals surface area contributed by atoms with E-state index in [2.05, 4.69) is 9.97 Å². The van der Waals surface area contributed by atoms with Gasteiger partial charge in [0.1, 0.15) is 11.6 Å². The van der Waals surface area contributed by atoms with Crippen LogP contribution in [0.1, 0.15) is 40.2 Å². The Morgan fingerprint density at radius 1 is 1.45 bits per heavy atom. The van der Waals surface area contributed by atoms with Crippen LogP contribution in [0.25, 0.3) is 5.13 Å². The monoisotopic (exact) mass is 292 g/mol. The third kappa shape index (κ3) is 1.89. The van der Waals surface area contributed by atoms with E-state index in [1.54, 1.807) is 15.9 Å². The Hall–Kier alpha value is -1.89. The minimum absolute atomic E-state index is 0.166. The van der Waals surface area contributed by atoms with Crippen molar-refractivity contribution in [2.24, 2.45) is 0 Å². The average Bonchev–Trinajstić information content (AvgIpc) is 3.09. The number of hydrogen-bond donors (Lipinski definition) is 1. The number of thiazole rings is 1. The van der Waals surface area contributed by atoms with Crippen LogP contribution in [-0.2, 0) is 24.0 Å². The van der Waals surface area contributed by atoms with Crippen LogP contribution in [0.2, 0.25) is 0 Å². The molecule has 2 aromatic rings. The summed E-state index contributed by atoms with van der Waals surface area (Å²) in [5.41, 5.74) is 7.39. The first kappa shape index (κ1) is 13.1. The molecule has 0 fully saturated rings. The molecule has 0 amide bonds. The lowest BCUT2D eigenvalue weighted by Gasteiger charge is -2.04. The summed E-state index contributed by atoms with van der Waals surface area (Å²) >= 11 is 1.63. The van der Waals surface area contributed by atoms with Crippen LogP contribution < -0.4 is 5.73 Å². The molecular weight excluding hydrogens is 276 g/mol. The fraction of sp³-hybridized carbons (Fsp3) is 0.462. The van der Waals surface area contributed by atoms with Gasteiger partial charge in [-0.2, -0.15) is 0 Å². The quantitative estimate of drug-likeness (QED) is 0.871. The van der Waals surface area contributed by atoms with Gasteiger partial charge in [0.05, 0.1) is 12.8 Å². The number of imidazole rings is 1. The topological polar surface area (TPSA) is 83.0 Å². The van der Waals surface area contributed by atoms with Crippen molar-refractivity contribution in [2.45, 2.75) is 32.6 Å². The zero-order valence-corrected chi connectivity index (χ0v) is 12.3. The fourth-order valence-corrected chi connectivity index (χ4v) is 3.63. The highest BCUT2D eigenvalue weighted by Crippen LogP contribution is 2.32. The van der Waals surface area contributed by atoms with E-state index < -0.39 is 5.97 Å². The summed E-state index contributed by atoms with van der Waals surface area (Å²) in [5.74, 6) is 0.525. The van der Waals surface area contributed by atoms with Gasteiger partial charge in [0, 0.05) is 11.3 Å². The van der Waals surface area contributed by atoms with Crippen molar-refractivity contribution in [3.05, 3.63) is 22.1 Å². The fourth-order valence-electron chi connectivity index (χ4n) is 2.45. The maximum absolute atomic E-state index is 11.7. The molecule has 0 bridgehead atoms. The van der Waals surface area contributed by atoms with Gasteiger partial charge in [0.15, 0.2) is 10.8 Å². The molecule has 7 heteroatoms. The number of nitrogen functional groups attached to an aromatic ring is 1. The highest BCUT2D eigenvalue weighted by Gasteiger charge is 2.25. The van der Waals surface area contributed by atoms with Crippen molar-refractivity contribution in [3.8, 4) is 5.13 Å². The summed E-state index contributed by atoms with van der Waals surface area (Å²) in [7, 11) is 1.32. The smallest absolute Gasteiger partial charge is 0.360 e. The molecule has 1 aliphatic carbocycles. The molecule has 3 rings (SSSR count). The molecular formula is C13H16N4O2S. The second-order valence-corrected chi connectivity index (χ2v) is 5.72.